The van der Waals surface area contributed by atoms with E-state index < -0.39 is 0 Å². The van der Waals surface area contributed by atoms with Crippen molar-refractivity contribution in [3.63, 3.8) is 0 Å². The van der Waals surface area contributed by atoms with E-state index in [1.165, 1.54) is 0 Å². The van der Waals surface area contributed by atoms with E-state index in [1.54, 1.807) is 0 Å². The fourth-order valence-electron chi connectivity index (χ4n) is 2.32. The first-order chi connectivity index (χ1) is 7.22. The summed E-state index contributed by atoms with van der Waals surface area (Å²) in [6, 6.07) is 0.488. The van der Waals surface area contributed by atoms with Crippen molar-refractivity contribution in [2.45, 2.75) is 46.1 Å². The second kappa shape index (κ2) is 6.11. The Morgan fingerprint density at radius 1 is 1.33 bits per heavy atom. The molecule has 3 atom stereocenters. The Kier molecular flexibility index (Phi) is 5.09. The summed E-state index contributed by atoms with van der Waals surface area (Å²) < 4.78 is 5.14. The van der Waals surface area contributed by atoms with Crippen LogP contribution in [-0.4, -0.2) is 25.2 Å². The summed E-state index contributed by atoms with van der Waals surface area (Å²) in [6.45, 7) is 7.63. The van der Waals surface area contributed by atoms with Crippen molar-refractivity contribution in [3.8, 4) is 0 Å². The number of hydrogen-bond acceptors (Lipinski definition) is 3. The number of ether oxygens (including phenoxy) is 1. The van der Waals surface area contributed by atoms with Gasteiger partial charge in [0.1, 0.15) is 0 Å². The van der Waals surface area contributed by atoms with Gasteiger partial charge in [-0.1, -0.05) is 20.3 Å². The molecular weight excluding hydrogens is 190 g/mol. The van der Waals surface area contributed by atoms with Gasteiger partial charge in [0.25, 0.3) is 0 Å². The van der Waals surface area contributed by atoms with Crippen molar-refractivity contribution < 1.29 is 9.53 Å². The standard InChI is InChI=1S/C12H23NO2/c1-4-9-8-13-10(5-2)7-11(9)12(14)15-6-3/h9-11,13H,4-8H2,1-3H3. The molecule has 0 spiro atoms. The molecule has 0 aliphatic carbocycles. The van der Waals surface area contributed by atoms with Crippen LogP contribution < -0.4 is 5.32 Å². The van der Waals surface area contributed by atoms with Crippen molar-refractivity contribution >= 4 is 5.97 Å². The molecule has 1 heterocycles. The second-order valence-electron chi connectivity index (χ2n) is 4.28. The van der Waals surface area contributed by atoms with Crippen LogP contribution in [0.4, 0.5) is 0 Å². The molecule has 1 saturated heterocycles. The maximum absolute atomic E-state index is 11.8. The fourth-order valence-corrected chi connectivity index (χ4v) is 2.32. The Hall–Kier alpha value is -0.570. The molecule has 3 heteroatoms. The summed E-state index contributed by atoms with van der Waals surface area (Å²) in [7, 11) is 0. The van der Waals surface area contributed by atoms with Crippen molar-refractivity contribution in [1.29, 1.82) is 0 Å². The lowest BCUT2D eigenvalue weighted by Gasteiger charge is -2.34. The summed E-state index contributed by atoms with van der Waals surface area (Å²) in [4.78, 5) is 11.8. The van der Waals surface area contributed by atoms with Gasteiger partial charge in [-0.25, -0.2) is 0 Å². The van der Waals surface area contributed by atoms with E-state index in [0.29, 0.717) is 18.6 Å². The predicted molar refractivity (Wildman–Crippen MR) is 60.6 cm³/mol. The van der Waals surface area contributed by atoms with Crippen LogP contribution in [0.25, 0.3) is 0 Å². The molecule has 0 bridgehead atoms. The third kappa shape index (κ3) is 3.20. The molecule has 0 saturated carbocycles. The number of carbonyl (C=O) groups excluding carboxylic acids is 1. The maximum Gasteiger partial charge on any atom is 0.309 e. The van der Waals surface area contributed by atoms with E-state index in [0.717, 1.165) is 25.8 Å². The molecule has 1 aliphatic rings. The summed E-state index contributed by atoms with van der Waals surface area (Å²) in [5.41, 5.74) is 0. The van der Waals surface area contributed by atoms with Gasteiger partial charge in [-0.2, -0.15) is 0 Å². The Morgan fingerprint density at radius 3 is 2.60 bits per heavy atom. The molecule has 1 aliphatic heterocycles. The van der Waals surface area contributed by atoms with Gasteiger partial charge in [0.2, 0.25) is 0 Å². The van der Waals surface area contributed by atoms with Gasteiger partial charge in [-0.05, 0) is 32.2 Å². The Bertz CT molecular complexity index is 206. The van der Waals surface area contributed by atoms with Gasteiger partial charge in [-0.15, -0.1) is 0 Å². The molecule has 1 N–H and O–H groups in total. The predicted octanol–water partition coefficient (Wildman–Crippen LogP) is 1.96. The first kappa shape index (κ1) is 12.5. The van der Waals surface area contributed by atoms with Crippen LogP contribution >= 0.6 is 0 Å². The summed E-state index contributed by atoms with van der Waals surface area (Å²) in [5, 5.41) is 3.49. The lowest BCUT2D eigenvalue weighted by Crippen LogP contribution is -2.46. The molecule has 1 fully saturated rings. The highest BCUT2D eigenvalue weighted by atomic mass is 16.5. The van der Waals surface area contributed by atoms with Crippen molar-refractivity contribution in [2.24, 2.45) is 11.8 Å². The van der Waals surface area contributed by atoms with Crippen LogP contribution in [0.3, 0.4) is 0 Å². The highest BCUT2D eigenvalue weighted by Crippen LogP contribution is 2.27. The third-order valence-electron chi connectivity index (χ3n) is 3.38. The van der Waals surface area contributed by atoms with Crippen molar-refractivity contribution in [1.82, 2.24) is 5.32 Å². The molecule has 0 amide bonds. The monoisotopic (exact) mass is 213 g/mol. The number of esters is 1. The summed E-state index contributed by atoms with van der Waals surface area (Å²) in [5.74, 6) is 0.567. The molecule has 15 heavy (non-hydrogen) atoms. The lowest BCUT2D eigenvalue weighted by molar-refractivity contribution is -0.151. The van der Waals surface area contributed by atoms with Crippen LogP contribution in [0.15, 0.2) is 0 Å². The van der Waals surface area contributed by atoms with E-state index in [1.807, 2.05) is 6.92 Å². The van der Waals surface area contributed by atoms with Crippen LogP contribution in [-0.2, 0) is 9.53 Å². The van der Waals surface area contributed by atoms with Crippen LogP contribution in [0.1, 0.15) is 40.0 Å². The first-order valence-corrected chi connectivity index (χ1v) is 6.12. The van der Waals surface area contributed by atoms with Crippen LogP contribution in [0.2, 0.25) is 0 Å². The second-order valence-corrected chi connectivity index (χ2v) is 4.28. The van der Waals surface area contributed by atoms with E-state index in [4.69, 9.17) is 4.74 Å². The van der Waals surface area contributed by atoms with E-state index in [9.17, 15) is 4.79 Å². The lowest BCUT2D eigenvalue weighted by atomic mass is 9.81. The van der Waals surface area contributed by atoms with Crippen LogP contribution in [0.5, 0.6) is 0 Å². The number of nitrogens with one attached hydrogen (secondary N) is 1. The van der Waals surface area contributed by atoms with Crippen molar-refractivity contribution in [3.05, 3.63) is 0 Å². The van der Waals surface area contributed by atoms with Gasteiger partial charge < -0.3 is 10.1 Å². The molecule has 0 aromatic heterocycles. The first-order valence-electron chi connectivity index (χ1n) is 6.12. The number of rotatable bonds is 4. The summed E-state index contributed by atoms with van der Waals surface area (Å²) >= 11 is 0. The zero-order chi connectivity index (χ0) is 11.3. The Balaban J connectivity index is 2.58. The number of hydrogen-bond donors (Lipinski definition) is 1. The number of piperidine rings is 1. The van der Waals surface area contributed by atoms with E-state index in [-0.39, 0.29) is 11.9 Å². The Morgan fingerprint density at radius 2 is 2.07 bits per heavy atom. The smallest absolute Gasteiger partial charge is 0.309 e. The van der Waals surface area contributed by atoms with Gasteiger partial charge in [-0.3, -0.25) is 4.79 Å². The molecule has 0 radical (unpaired) electrons. The maximum atomic E-state index is 11.8. The van der Waals surface area contributed by atoms with E-state index >= 15 is 0 Å². The van der Waals surface area contributed by atoms with Crippen LogP contribution in [0, 0.1) is 11.8 Å². The fraction of sp³-hybridized carbons (Fsp3) is 0.917. The van der Waals surface area contributed by atoms with E-state index in [2.05, 4.69) is 19.2 Å². The molecule has 3 nitrogen and oxygen atoms in total. The minimum Gasteiger partial charge on any atom is -0.466 e. The molecule has 0 aromatic rings. The highest BCUT2D eigenvalue weighted by molar-refractivity contribution is 5.73. The topological polar surface area (TPSA) is 38.3 Å². The molecular formula is C12H23NO2. The quantitative estimate of drug-likeness (QED) is 0.726. The average Bonchev–Trinajstić information content (AvgIpc) is 2.28. The highest BCUT2D eigenvalue weighted by Gasteiger charge is 2.34. The third-order valence-corrected chi connectivity index (χ3v) is 3.38. The molecule has 88 valence electrons. The normalized spacial score (nSPS) is 31.3. The average molecular weight is 213 g/mol. The zero-order valence-electron chi connectivity index (χ0n) is 10.1. The summed E-state index contributed by atoms with van der Waals surface area (Å²) in [6.07, 6.45) is 3.08. The largest absolute Gasteiger partial charge is 0.466 e. The minimum atomic E-state index is 0.00398. The van der Waals surface area contributed by atoms with Gasteiger partial charge in [0.05, 0.1) is 12.5 Å². The van der Waals surface area contributed by atoms with Gasteiger partial charge in [0, 0.05) is 6.04 Å². The number of carbonyl (C=O) groups is 1. The Labute approximate surface area is 92.6 Å². The van der Waals surface area contributed by atoms with Gasteiger partial charge in [0.15, 0.2) is 0 Å². The molecule has 3 unspecified atom stereocenters. The van der Waals surface area contributed by atoms with Gasteiger partial charge >= 0.3 is 5.97 Å². The molecule has 0 aromatic carbocycles. The SMILES string of the molecule is CCOC(=O)C1CC(CC)NCC1CC. The zero-order valence-corrected chi connectivity index (χ0v) is 10.1. The van der Waals surface area contributed by atoms with Crippen molar-refractivity contribution in [2.75, 3.05) is 13.2 Å². The minimum absolute atomic E-state index is 0.00398. The molecule has 1 rings (SSSR count).